The van der Waals surface area contributed by atoms with Crippen LogP contribution in [0.2, 0.25) is 5.02 Å². The first-order valence-corrected chi connectivity index (χ1v) is 7.59. The molecular formula is C17H19ClN2O2. The lowest BCUT2D eigenvalue weighted by Crippen LogP contribution is -2.25. The van der Waals surface area contributed by atoms with Crippen LogP contribution in [0.25, 0.3) is 11.1 Å². The van der Waals surface area contributed by atoms with Crippen molar-refractivity contribution < 1.29 is 10.0 Å². The Morgan fingerprint density at radius 1 is 0.909 bits per heavy atom. The van der Waals surface area contributed by atoms with Gasteiger partial charge in [-0.05, 0) is 48.2 Å². The number of unbranched alkanes of at least 4 members (excludes halogenated alkanes) is 1. The number of rotatable bonds is 7. The van der Waals surface area contributed by atoms with Gasteiger partial charge in [-0.2, -0.15) is 0 Å². The van der Waals surface area contributed by atoms with Crippen LogP contribution in [0.15, 0.2) is 48.5 Å². The van der Waals surface area contributed by atoms with Crippen molar-refractivity contribution in [2.75, 3.05) is 13.1 Å². The molecule has 0 heterocycles. The van der Waals surface area contributed by atoms with E-state index in [4.69, 9.17) is 16.8 Å². The highest BCUT2D eigenvalue weighted by Gasteiger charge is 2.05. The van der Waals surface area contributed by atoms with Gasteiger partial charge in [-0.1, -0.05) is 35.9 Å². The minimum absolute atomic E-state index is 0.0837. The zero-order valence-electron chi connectivity index (χ0n) is 12.2. The van der Waals surface area contributed by atoms with E-state index in [0.717, 1.165) is 24.0 Å². The van der Waals surface area contributed by atoms with Gasteiger partial charge < -0.3 is 10.5 Å². The molecule has 3 N–H and O–H groups in total. The van der Waals surface area contributed by atoms with Gasteiger partial charge in [-0.15, -0.1) is 0 Å². The van der Waals surface area contributed by atoms with E-state index < -0.39 is 0 Å². The molecule has 2 aromatic carbocycles. The van der Waals surface area contributed by atoms with Gasteiger partial charge in [-0.3, -0.25) is 4.79 Å². The topological polar surface area (TPSA) is 61.4 Å². The monoisotopic (exact) mass is 318 g/mol. The predicted octanol–water partition coefficient (Wildman–Crippen LogP) is 3.50. The maximum absolute atomic E-state index is 12.0. The fraction of sp³-hybridized carbons (Fsp3) is 0.235. The molecule has 4 nitrogen and oxygen atoms in total. The predicted molar refractivity (Wildman–Crippen MR) is 88.2 cm³/mol. The highest BCUT2D eigenvalue weighted by Crippen LogP contribution is 2.21. The van der Waals surface area contributed by atoms with Gasteiger partial charge in [0.15, 0.2) is 0 Å². The molecule has 1 amide bonds. The highest BCUT2D eigenvalue weighted by atomic mass is 35.5. The van der Waals surface area contributed by atoms with Gasteiger partial charge in [0.25, 0.3) is 5.91 Å². The van der Waals surface area contributed by atoms with E-state index in [9.17, 15) is 4.79 Å². The van der Waals surface area contributed by atoms with Crippen molar-refractivity contribution in [3.63, 3.8) is 0 Å². The summed E-state index contributed by atoms with van der Waals surface area (Å²) in [5.41, 5.74) is 4.84. The highest BCUT2D eigenvalue weighted by molar-refractivity contribution is 6.30. The summed E-state index contributed by atoms with van der Waals surface area (Å²) < 4.78 is 0. The molecule has 0 spiro atoms. The molecule has 2 rings (SSSR count). The Labute approximate surface area is 135 Å². The van der Waals surface area contributed by atoms with Crippen molar-refractivity contribution in [1.29, 1.82) is 0 Å². The average Bonchev–Trinajstić information content (AvgIpc) is 2.55. The van der Waals surface area contributed by atoms with Crippen molar-refractivity contribution >= 4 is 17.5 Å². The summed E-state index contributed by atoms with van der Waals surface area (Å²) in [7, 11) is 0. The van der Waals surface area contributed by atoms with Crippen LogP contribution >= 0.6 is 11.6 Å². The van der Waals surface area contributed by atoms with Gasteiger partial charge in [0, 0.05) is 23.7 Å². The number of carbonyl (C=O) groups excluding carboxylic acids is 1. The van der Waals surface area contributed by atoms with Crippen molar-refractivity contribution in [1.82, 2.24) is 10.8 Å². The lowest BCUT2D eigenvalue weighted by molar-refractivity contribution is 0.0952. The Balaban J connectivity index is 1.91. The van der Waals surface area contributed by atoms with E-state index in [-0.39, 0.29) is 5.91 Å². The number of benzene rings is 2. The van der Waals surface area contributed by atoms with Crippen molar-refractivity contribution in [2.24, 2.45) is 0 Å². The first-order chi connectivity index (χ1) is 10.7. The van der Waals surface area contributed by atoms with Crippen LogP contribution in [0.3, 0.4) is 0 Å². The van der Waals surface area contributed by atoms with Crippen LogP contribution in [-0.2, 0) is 0 Å². The maximum atomic E-state index is 12.0. The number of halogens is 1. The molecular weight excluding hydrogens is 300 g/mol. The van der Waals surface area contributed by atoms with Crippen LogP contribution in [0.4, 0.5) is 0 Å². The molecule has 22 heavy (non-hydrogen) atoms. The zero-order valence-corrected chi connectivity index (χ0v) is 12.9. The summed E-state index contributed by atoms with van der Waals surface area (Å²) in [4.78, 5) is 12.0. The number of carbonyl (C=O) groups is 1. The number of hydrogen-bond acceptors (Lipinski definition) is 3. The molecule has 0 unspecified atom stereocenters. The van der Waals surface area contributed by atoms with Gasteiger partial charge in [0.1, 0.15) is 0 Å². The van der Waals surface area contributed by atoms with Gasteiger partial charge in [-0.25, -0.2) is 5.48 Å². The molecule has 0 saturated carbocycles. The molecule has 0 aliphatic carbocycles. The first-order valence-electron chi connectivity index (χ1n) is 7.22. The lowest BCUT2D eigenvalue weighted by Gasteiger charge is -2.06. The largest absolute Gasteiger partial charge is 0.352 e. The normalized spacial score (nSPS) is 10.5. The van der Waals surface area contributed by atoms with Crippen molar-refractivity contribution in [3.05, 3.63) is 59.1 Å². The average molecular weight is 319 g/mol. The quantitative estimate of drug-likeness (QED) is 0.541. The second kappa shape index (κ2) is 8.54. The van der Waals surface area contributed by atoms with E-state index in [1.165, 1.54) is 0 Å². The summed E-state index contributed by atoms with van der Waals surface area (Å²) in [6.45, 7) is 1.13. The Kier molecular flexibility index (Phi) is 6.40. The third-order valence-electron chi connectivity index (χ3n) is 3.33. The molecule has 0 radical (unpaired) electrons. The Hall–Kier alpha value is -1.88. The van der Waals surface area contributed by atoms with E-state index in [1.54, 1.807) is 0 Å². The van der Waals surface area contributed by atoms with Crippen LogP contribution in [0, 0.1) is 0 Å². The maximum Gasteiger partial charge on any atom is 0.251 e. The fourth-order valence-electron chi connectivity index (χ4n) is 2.09. The lowest BCUT2D eigenvalue weighted by atomic mass is 10.0. The van der Waals surface area contributed by atoms with Gasteiger partial charge >= 0.3 is 0 Å². The van der Waals surface area contributed by atoms with Crippen molar-refractivity contribution in [2.45, 2.75) is 12.8 Å². The molecule has 0 saturated heterocycles. The summed E-state index contributed by atoms with van der Waals surface area (Å²) in [5.74, 6) is -0.0837. The summed E-state index contributed by atoms with van der Waals surface area (Å²) in [5, 5.41) is 12.0. The second-order valence-corrected chi connectivity index (χ2v) is 5.39. The summed E-state index contributed by atoms with van der Waals surface area (Å²) >= 11 is 5.88. The molecule has 116 valence electrons. The number of hydrogen-bond donors (Lipinski definition) is 3. The molecule has 0 fully saturated rings. The van der Waals surface area contributed by atoms with Gasteiger partial charge in [0.2, 0.25) is 0 Å². The van der Waals surface area contributed by atoms with E-state index in [1.807, 2.05) is 48.5 Å². The second-order valence-electron chi connectivity index (χ2n) is 4.96. The molecule has 5 heteroatoms. The third kappa shape index (κ3) is 4.84. The first kappa shape index (κ1) is 16.5. The number of hydroxylamine groups is 1. The van der Waals surface area contributed by atoms with Crippen LogP contribution in [-0.4, -0.2) is 24.2 Å². The molecule has 0 bridgehead atoms. The van der Waals surface area contributed by atoms with Crippen LogP contribution < -0.4 is 10.8 Å². The summed E-state index contributed by atoms with van der Waals surface area (Å²) in [6, 6.07) is 15.1. The minimum atomic E-state index is -0.0837. The van der Waals surface area contributed by atoms with Crippen molar-refractivity contribution in [3.8, 4) is 11.1 Å². The Bertz CT molecular complexity index is 597. The fourth-order valence-corrected chi connectivity index (χ4v) is 2.22. The summed E-state index contributed by atoms with van der Waals surface area (Å²) in [6.07, 6.45) is 1.63. The molecule has 0 aromatic heterocycles. The molecule has 0 aliphatic rings. The van der Waals surface area contributed by atoms with Gasteiger partial charge in [0.05, 0.1) is 0 Å². The standard InChI is InChI=1S/C17H19ClN2O2/c18-16-9-7-14(8-10-16)13-3-5-15(6-4-13)17(21)19-11-1-2-12-20-22/h3-10,20,22H,1-2,11-12H2,(H,19,21). The number of nitrogens with one attached hydrogen (secondary N) is 2. The zero-order chi connectivity index (χ0) is 15.8. The SMILES string of the molecule is O=C(NCCCCNO)c1ccc(-c2ccc(Cl)cc2)cc1. The number of amides is 1. The Morgan fingerprint density at radius 3 is 2.05 bits per heavy atom. The van der Waals surface area contributed by atoms with Crippen LogP contribution in [0.5, 0.6) is 0 Å². The Morgan fingerprint density at radius 2 is 1.45 bits per heavy atom. The van der Waals surface area contributed by atoms with E-state index in [2.05, 4.69) is 10.8 Å². The molecule has 2 aromatic rings. The smallest absolute Gasteiger partial charge is 0.251 e. The molecule has 0 aliphatic heterocycles. The molecule has 0 atom stereocenters. The third-order valence-corrected chi connectivity index (χ3v) is 3.58. The minimum Gasteiger partial charge on any atom is -0.352 e. The van der Waals surface area contributed by atoms with E-state index >= 15 is 0 Å². The van der Waals surface area contributed by atoms with E-state index in [0.29, 0.717) is 23.7 Å². The van der Waals surface area contributed by atoms with Crippen LogP contribution in [0.1, 0.15) is 23.2 Å².